The fourth-order valence-corrected chi connectivity index (χ4v) is 4.94. The molecule has 0 radical (unpaired) electrons. The van der Waals surface area contributed by atoms with Crippen molar-refractivity contribution in [3.63, 3.8) is 0 Å². The number of rotatable bonds is 5. The summed E-state index contributed by atoms with van der Waals surface area (Å²) < 4.78 is 28.7. The largest absolute Gasteiger partial charge is 0.368 e. The van der Waals surface area contributed by atoms with Gasteiger partial charge < -0.3 is 4.90 Å². The third-order valence-corrected chi connectivity index (χ3v) is 7.35. The third-order valence-electron chi connectivity index (χ3n) is 4.72. The molecule has 0 atom stereocenters. The maximum atomic E-state index is 12.9. The second-order valence-electron chi connectivity index (χ2n) is 6.48. The first kappa shape index (κ1) is 21.6. The van der Waals surface area contributed by atoms with E-state index in [2.05, 4.69) is 22.6 Å². The lowest BCUT2D eigenvalue weighted by molar-refractivity contribution is -0.428. The summed E-state index contributed by atoms with van der Waals surface area (Å²) in [6.07, 6.45) is 0. The number of hydroxylamine groups is 1. The number of hydrogen-bond acceptors (Lipinski definition) is 6. The van der Waals surface area contributed by atoms with Crippen molar-refractivity contribution in [2.75, 3.05) is 38.1 Å². The van der Waals surface area contributed by atoms with Gasteiger partial charge in [-0.3, -0.25) is 10.0 Å². The van der Waals surface area contributed by atoms with Crippen LogP contribution in [-0.2, 0) is 10.0 Å². The predicted octanol–water partition coefficient (Wildman–Crippen LogP) is 1.96. The lowest BCUT2D eigenvalue weighted by Gasteiger charge is -2.36. The van der Waals surface area contributed by atoms with Crippen LogP contribution in [-0.4, -0.2) is 61.8 Å². The fourth-order valence-electron chi connectivity index (χ4n) is 3.16. The van der Waals surface area contributed by atoms with E-state index in [0.29, 0.717) is 23.5 Å². The standard InChI is InChI=1S/C18H19IN4O5S/c1-21(26)14-4-7-17(16(12-14)18(24)20-25)22-8-10-23(11-9-22)29(27,28)15-5-2-13(19)3-6-15/h2-7,12H,8-11H2,1H3,(H-,20,24,25)/p+1. The number of carbonyl (C=O) groups excluding carboxylic acids is 1. The van der Waals surface area contributed by atoms with Gasteiger partial charge in [-0.1, -0.05) is 0 Å². The quantitative estimate of drug-likeness (QED) is 0.264. The molecule has 1 fully saturated rings. The van der Waals surface area contributed by atoms with Crippen molar-refractivity contribution >= 4 is 49.9 Å². The highest BCUT2D eigenvalue weighted by Crippen LogP contribution is 2.27. The van der Waals surface area contributed by atoms with Gasteiger partial charge in [0.1, 0.15) is 0 Å². The number of nitrogens with zero attached hydrogens (tertiary/aromatic N) is 3. The molecule has 0 saturated carbocycles. The summed E-state index contributed by atoms with van der Waals surface area (Å²) in [6, 6.07) is 11.3. The highest BCUT2D eigenvalue weighted by molar-refractivity contribution is 14.1. The molecule has 1 saturated heterocycles. The van der Waals surface area contributed by atoms with Gasteiger partial charge >= 0.3 is 0 Å². The minimum atomic E-state index is -3.60. The maximum absolute atomic E-state index is 12.9. The van der Waals surface area contributed by atoms with Crippen molar-refractivity contribution in [2.45, 2.75) is 4.90 Å². The van der Waals surface area contributed by atoms with Crippen molar-refractivity contribution in [2.24, 2.45) is 0 Å². The van der Waals surface area contributed by atoms with Crippen LogP contribution in [0, 0.1) is 8.48 Å². The van der Waals surface area contributed by atoms with Crippen LogP contribution in [0.3, 0.4) is 0 Å². The molecule has 154 valence electrons. The molecule has 1 heterocycles. The molecular formula is C18H20IN4O5S+. The van der Waals surface area contributed by atoms with Gasteiger partial charge in [-0.05, 0) is 52.9 Å². The molecule has 2 aromatic carbocycles. The van der Waals surface area contributed by atoms with Crippen LogP contribution in [0.1, 0.15) is 10.4 Å². The van der Waals surface area contributed by atoms with E-state index in [1.807, 2.05) is 4.90 Å². The predicted molar refractivity (Wildman–Crippen MR) is 115 cm³/mol. The topological polar surface area (TPSA) is 110 Å². The van der Waals surface area contributed by atoms with E-state index in [1.54, 1.807) is 41.9 Å². The minimum Gasteiger partial charge on any atom is -0.368 e. The number of sulfonamides is 1. The van der Waals surface area contributed by atoms with Crippen LogP contribution >= 0.6 is 22.6 Å². The molecule has 29 heavy (non-hydrogen) atoms. The SMILES string of the molecule is C[N+](=O)c1ccc(N2CCN(S(=O)(=O)c3ccc(I)cc3)CC2)c(C(=O)NO)c1. The Balaban J connectivity index is 1.81. The number of halogens is 1. The van der Waals surface area contributed by atoms with Gasteiger partial charge in [0.05, 0.1) is 16.1 Å². The number of hydrogen-bond donors (Lipinski definition) is 2. The highest BCUT2D eigenvalue weighted by Gasteiger charge is 2.30. The summed E-state index contributed by atoms with van der Waals surface area (Å²) in [5.74, 6) is -0.738. The number of nitroso groups, excluding NO2 is 1. The van der Waals surface area contributed by atoms with Crippen LogP contribution in [0.15, 0.2) is 47.4 Å². The second-order valence-corrected chi connectivity index (χ2v) is 9.67. The molecule has 3 rings (SSSR count). The number of piperazine rings is 1. The van der Waals surface area contributed by atoms with E-state index in [0.717, 1.165) is 3.57 Å². The van der Waals surface area contributed by atoms with Crippen molar-refractivity contribution in [1.82, 2.24) is 9.79 Å². The zero-order chi connectivity index (χ0) is 21.2. The lowest BCUT2D eigenvalue weighted by atomic mass is 10.1. The monoisotopic (exact) mass is 531 g/mol. The van der Waals surface area contributed by atoms with E-state index >= 15 is 0 Å². The van der Waals surface area contributed by atoms with Gasteiger partial charge in [-0.15, -0.1) is 0 Å². The zero-order valence-electron chi connectivity index (χ0n) is 15.6. The Morgan fingerprint density at radius 1 is 1.10 bits per heavy atom. The summed E-state index contributed by atoms with van der Waals surface area (Å²) in [6.45, 7) is 1.22. The van der Waals surface area contributed by atoms with E-state index in [-0.39, 0.29) is 29.2 Å². The van der Waals surface area contributed by atoms with E-state index in [1.165, 1.54) is 17.4 Å². The van der Waals surface area contributed by atoms with Crippen molar-refractivity contribution in [3.05, 3.63) is 56.5 Å². The van der Waals surface area contributed by atoms with Crippen LogP contribution in [0.2, 0.25) is 0 Å². The Morgan fingerprint density at radius 2 is 1.72 bits per heavy atom. The first-order valence-corrected chi connectivity index (χ1v) is 11.3. The summed E-state index contributed by atoms with van der Waals surface area (Å²) >= 11 is 2.12. The molecule has 0 unspecified atom stereocenters. The Morgan fingerprint density at radius 3 is 2.28 bits per heavy atom. The molecule has 2 N–H and O–H groups in total. The van der Waals surface area contributed by atoms with Crippen LogP contribution in [0.25, 0.3) is 0 Å². The number of carbonyl (C=O) groups is 1. The highest BCUT2D eigenvalue weighted by atomic mass is 127. The van der Waals surface area contributed by atoms with Crippen LogP contribution in [0.5, 0.6) is 0 Å². The Labute approximate surface area is 182 Å². The molecule has 2 aromatic rings. The molecular weight excluding hydrogens is 511 g/mol. The Bertz CT molecular complexity index is 1030. The number of amides is 1. The average Bonchev–Trinajstić information content (AvgIpc) is 2.73. The number of anilines is 1. The molecule has 9 nitrogen and oxygen atoms in total. The molecule has 1 amide bonds. The average molecular weight is 531 g/mol. The Hall–Kier alpha value is -2.09. The van der Waals surface area contributed by atoms with Gasteiger partial charge in [-0.25, -0.2) is 13.9 Å². The molecule has 0 aliphatic carbocycles. The fraction of sp³-hybridized carbons (Fsp3) is 0.278. The number of benzene rings is 2. The minimum absolute atomic E-state index is 0.140. The number of nitrogens with one attached hydrogen (secondary N) is 1. The second kappa shape index (κ2) is 8.73. The summed E-state index contributed by atoms with van der Waals surface area (Å²) in [5, 5.41) is 9.04. The van der Waals surface area contributed by atoms with Gasteiger partial charge in [0.2, 0.25) is 10.0 Å². The normalized spacial score (nSPS) is 15.2. The first-order chi connectivity index (χ1) is 13.7. The summed E-state index contributed by atoms with van der Waals surface area (Å²) in [5.41, 5.74) is 2.53. The van der Waals surface area contributed by atoms with Crippen molar-refractivity contribution in [1.29, 1.82) is 0 Å². The van der Waals surface area contributed by atoms with Gasteiger partial charge in [0.15, 0.2) is 7.05 Å². The van der Waals surface area contributed by atoms with E-state index in [9.17, 15) is 18.1 Å². The summed E-state index contributed by atoms with van der Waals surface area (Å²) in [7, 11) is -2.29. The smallest absolute Gasteiger partial charge is 0.276 e. The lowest BCUT2D eigenvalue weighted by Crippen LogP contribution is -2.49. The zero-order valence-corrected chi connectivity index (χ0v) is 18.6. The third kappa shape index (κ3) is 4.57. The molecule has 1 aliphatic heterocycles. The molecule has 0 aromatic heterocycles. The molecule has 1 aliphatic rings. The first-order valence-electron chi connectivity index (χ1n) is 8.74. The van der Waals surface area contributed by atoms with Gasteiger partial charge in [-0.2, -0.15) is 4.31 Å². The molecule has 11 heteroatoms. The van der Waals surface area contributed by atoms with Gasteiger partial charge in [0.25, 0.3) is 11.6 Å². The molecule has 0 spiro atoms. The van der Waals surface area contributed by atoms with E-state index in [4.69, 9.17) is 5.21 Å². The molecule has 0 bridgehead atoms. The van der Waals surface area contributed by atoms with Crippen LogP contribution < -0.4 is 10.4 Å². The van der Waals surface area contributed by atoms with Gasteiger partial charge in [0, 0.05) is 51.5 Å². The maximum Gasteiger partial charge on any atom is 0.276 e. The summed E-state index contributed by atoms with van der Waals surface area (Å²) in [4.78, 5) is 25.7. The van der Waals surface area contributed by atoms with Crippen LogP contribution in [0.4, 0.5) is 11.4 Å². The van der Waals surface area contributed by atoms with E-state index < -0.39 is 15.9 Å². The van der Waals surface area contributed by atoms with Crippen molar-refractivity contribution in [3.8, 4) is 0 Å². The Kier molecular flexibility index (Phi) is 6.51. The van der Waals surface area contributed by atoms with Crippen molar-refractivity contribution < 1.29 is 23.2 Å².